The van der Waals surface area contributed by atoms with Crippen LogP contribution in [0.15, 0.2) is 0 Å². The summed E-state index contributed by atoms with van der Waals surface area (Å²) in [5.41, 5.74) is 0.0233. The van der Waals surface area contributed by atoms with E-state index in [0.717, 1.165) is 19.4 Å². The molecular weight excluding hydrogens is 240 g/mol. The molecule has 0 aromatic carbocycles. The zero-order valence-electron chi connectivity index (χ0n) is 13.1. The number of carbonyl (C=O) groups is 1. The number of nitrogens with one attached hydrogen (secondary N) is 2. The second kappa shape index (κ2) is 7.25. The Morgan fingerprint density at radius 1 is 1.47 bits per heavy atom. The van der Waals surface area contributed by atoms with Gasteiger partial charge in [-0.1, -0.05) is 27.7 Å². The van der Waals surface area contributed by atoms with E-state index < -0.39 is 0 Å². The van der Waals surface area contributed by atoms with Crippen molar-refractivity contribution in [1.82, 2.24) is 10.6 Å². The van der Waals surface area contributed by atoms with Gasteiger partial charge in [0.15, 0.2) is 0 Å². The second-order valence-electron chi connectivity index (χ2n) is 6.50. The molecule has 0 spiro atoms. The highest BCUT2D eigenvalue weighted by atomic mass is 16.5. The van der Waals surface area contributed by atoms with Crippen LogP contribution in [0, 0.1) is 11.3 Å². The fraction of sp³-hybridized carbons (Fsp3) is 0.933. The summed E-state index contributed by atoms with van der Waals surface area (Å²) in [6, 6.07) is -0.00361. The van der Waals surface area contributed by atoms with Crippen molar-refractivity contribution in [3.63, 3.8) is 0 Å². The molecule has 0 saturated carbocycles. The van der Waals surface area contributed by atoms with Crippen LogP contribution in [-0.4, -0.2) is 37.7 Å². The molecule has 1 rings (SSSR count). The van der Waals surface area contributed by atoms with E-state index >= 15 is 0 Å². The summed E-state index contributed by atoms with van der Waals surface area (Å²) in [6.45, 7) is 12.7. The predicted octanol–water partition coefficient (Wildman–Crippen LogP) is 1.94. The van der Waals surface area contributed by atoms with Crippen LogP contribution in [0.2, 0.25) is 0 Å². The van der Waals surface area contributed by atoms with Gasteiger partial charge in [0.1, 0.15) is 0 Å². The van der Waals surface area contributed by atoms with E-state index in [1.165, 1.54) is 0 Å². The second-order valence-corrected chi connectivity index (χ2v) is 6.50. The Hall–Kier alpha value is -0.610. The lowest BCUT2D eigenvalue weighted by Gasteiger charge is -2.39. The maximum absolute atomic E-state index is 12.5. The average Bonchev–Trinajstić information content (AvgIpc) is 2.33. The zero-order chi connectivity index (χ0) is 14.5. The SMILES string of the molecule is CCOCC(NC(=O)C1NCCCC1(C)C)C(C)C. The molecule has 0 bridgehead atoms. The van der Waals surface area contributed by atoms with Crippen LogP contribution in [0.25, 0.3) is 0 Å². The van der Waals surface area contributed by atoms with Crippen molar-refractivity contribution in [2.75, 3.05) is 19.8 Å². The molecule has 0 aromatic rings. The minimum atomic E-state index is -0.0934. The first-order valence-corrected chi connectivity index (χ1v) is 7.50. The van der Waals surface area contributed by atoms with Gasteiger partial charge < -0.3 is 15.4 Å². The molecule has 1 amide bonds. The first-order valence-electron chi connectivity index (χ1n) is 7.50. The van der Waals surface area contributed by atoms with Crippen molar-refractivity contribution in [3.8, 4) is 0 Å². The molecule has 1 aliphatic rings. The van der Waals surface area contributed by atoms with Crippen molar-refractivity contribution < 1.29 is 9.53 Å². The maximum atomic E-state index is 12.5. The number of hydrogen-bond donors (Lipinski definition) is 2. The fourth-order valence-electron chi connectivity index (χ4n) is 2.57. The Bertz CT molecular complexity index is 290. The number of carbonyl (C=O) groups excluding carboxylic acids is 1. The third kappa shape index (κ3) is 4.77. The number of piperidine rings is 1. The summed E-state index contributed by atoms with van der Waals surface area (Å²) in [5.74, 6) is 0.491. The molecule has 0 aliphatic carbocycles. The monoisotopic (exact) mass is 270 g/mol. The molecular formula is C15H30N2O2. The lowest BCUT2D eigenvalue weighted by molar-refractivity contribution is -0.128. The topological polar surface area (TPSA) is 50.4 Å². The van der Waals surface area contributed by atoms with Crippen LogP contribution >= 0.6 is 0 Å². The third-order valence-electron chi connectivity index (χ3n) is 4.02. The summed E-state index contributed by atoms with van der Waals surface area (Å²) < 4.78 is 5.46. The average molecular weight is 270 g/mol. The van der Waals surface area contributed by atoms with Gasteiger partial charge >= 0.3 is 0 Å². The Morgan fingerprint density at radius 2 is 2.16 bits per heavy atom. The molecule has 2 unspecified atom stereocenters. The molecule has 0 aromatic heterocycles. The molecule has 1 aliphatic heterocycles. The van der Waals surface area contributed by atoms with Crippen molar-refractivity contribution in [2.45, 2.75) is 59.5 Å². The van der Waals surface area contributed by atoms with Gasteiger partial charge in [-0.15, -0.1) is 0 Å². The smallest absolute Gasteiger partial charge is 0.237 e. The van der Waals surface area contributed by atoms with Crippen LogP contribution in [0.5, 0.6) is 0 Å². The van der Waals surface area contributed by atoms with Crippen molar-refractivity contribution in [2.24, 2.45) is 11.3 Å². The first kappa shape index (κ1) is 16.4. The number of rotatable bonds is 6. The van der Waals surface area contributed by atoms with Crippen LogP contribution in [0.3, 0.4) is 0 Å². The van der Waals surface area contributed by atoms with Gasteiger partial charge in [-0.05, 0) is 37.6 Å². The normalized spacial score (nSPS) is 24.2. The minimum absolute atomic E-state index is 0.0233. The predicted molar refractivity (Wildman–Crippen MR) is 78.1 cm³/mol. The Kier molecular flexibility index (Phi) is 6.27. The quantitative estimate of drug-likeness (QED) is 0.775. The van der Waals surface area contributed by atoms with E-state index in [2.05, 4.69) is 38.3 Å². The van der Waals surface area contributed by atoms with E-state index in [9.17, 15) is 4.79 Å². The van der Waals surface area contributed by atoms with Gasteiger partial charge in [-0.2, -0.15) is 0 Å². The van der Waals surface area contributed by atoms with Crippen molar-refractivity contribution in [1.29, 1.82) is 0 Å². The summed E-state index contributed by atoms with van der Waals surface area (Å²) in [4.78, 5) is 12.5. The molecule has 0 radical (unpaired) electrons. The van der Waals surface area contributed by atoms with E-state index in [1.807, 2.05) is 6.92 Å². The summed E-state index contributed by atoms with van der Waals surface area (Å²) >= 11 is 0. The van der Waals surface area contributed by atoms with Gasteiger partial charge in [0.2, 0.25) is 5.91 Å². The molecule has 1 heterocycles. The number of ether oxygens (including phenoxy) is 1. The highest BCUT2D eigenvalue weighted by Crippen LogP contribution is 2.30. The van der Waals surface area contributed by atoms with Gasteiger partial charge in [-0.25, -0.2) is 0 Å². The molecule has 4 nitrogen and oxygen atoms in total. The van der Waals surface area contributed by atoms with Crippen LogP contribution in [0.4, 0.5) is 0 Å². The van der Waals surface area contributed by atoms with E-state index in [1.54, 1.807) is 0 Å². The third-order valence-corrected chi connectivity index (χ3v) is 4.02. The molecule has 112 valence electrons. The largest absolute Gasteiger partial charge is 0.380 e. The van der Waals surface area contributed by atoms with Gasteiger partial charge in [0.25, 0.3) is 0 Å². The highest BCUT2D eigenvalue weighted by molar-refractivity contribution is 5.83. The van der Waals surface area contributed by atoms with Crippen molar-refractivity contribution >= 4 is 5.91 Å². The van der Waals surface area contributed by atoms with Gasteiger partial charge in [0, 0.05) is 6.61 Å². The molecule has 2 atom stereocenters. The molecule has 19 heavy (non-hydrogen) atoms. The number of hydrogen-bond acceptors (Lipinski definition) is 3. The summed E-state index contributed by atoms with van der Waals surface area (Å²) in [6.07, 6.45) is 2.24. The maximum Gasteiger partial charge on any atom is 0.237 e. The van der Waals surface area contributed by atoms with Gasteiger partial charge in [0.05, 0.1) is 18.7 Å². The molecule has 1 fully saturated rings. The van der Waals surface area contributed by atoms with Crippen LogP contribution in [0.1, 0.15) is 47.5 Å². The van der Waals surface area contributed by atoms with E-state index in [-0.39, 0.29) is 23.4 Å². The highest BCUT2D eigenvalue weighted by Gasteiger charge is 2.37. The summed E-state index contributed by atoms with van der Waals surface area (Å²) in [5, 5.41) is 6.51. The fourth-order valence-corrected chi connectivity index (χ4v) is 2.57. The van der Waals surface area contributed by atoms with Crippen LogP contribution in [-0.2, 0) is 9.53 Å². The van der Waals surface area contributed by atoms with Gasteiger partial charge in [-0.3, -0.25) is 4.79 Å². The Labute approximate surface area is 117 Å². The lowest BCUT2D eigenvalue weighted by Crippen LogP contribution is -2.58. The lowest BCUT2D eigenvalue weighted by atomic mass is 9.77. The zero-order valence-corrected chi connectivity index (χ0v) is 13.1. The van der Waals surface area contributed by atoms with Crippen molar-refractivity contribution in [3.05, 3.63) is 0 Å². The Balaban J connectivity index is 2.60. The number of amides is 1. The Morgan fingerprint density at radius 3 is 2.68 bits per heavy atom. The standard InChI is InChI=1S/C15H30N2O2/c1-6-19-10-12(11(2)3)17-14(18)13-15(4,5)8-7-9-16-13/h11-13,16H,6-10H2,1-5H3,(H,17,18). The minimum Gasteiger partial charge on any atom is -0.380 e. The van der Waals surface area contributed by atoms with Crippen LogP contribution < -0.4 is 10.6 Å². The molecule has 2 N–H and O–H groups in total. The summed E-state index contributed by atoms with van der Waals surface area (Å²) in [7, 11) is 0. The van der Waals surface area contributed by atoms with E-state index in [0.29, 0.717) is 19.1 Å². The molecule has 1 saturated heterocycles. The molecule has 4 heteroatoms. The first-order chi connectivity index (χ1) is 8.88. The van der Waals surface area contributed by atoms with E-state index in [4.69, 9.17) is 4.74 Å².